The van der Waals surface area contributed by atoms with E-state index in [1.54, 1.807) is 0 Å². The SMILES string of the molecule is CCOC(=O)C1CCCN(c2ccc(NCc3cc4cc(C(C)(C)C)ccc4[nH]c3=O)cc2)C1. The van der Waals surface area contributed by atoms with Gasteiger partial charge in [0.2, 0.25) is 0 Å². The molecule has 3 aromatic rings. The Morgan fingerprint density at radius 1 is 1.15 bits per heavy atom. The molecule has 0 bridgehead atoms. The lowest BCUT2D eigenvalue weighted by molar-refractivity contribution is -0.148. The Balaban J connectivity index is 1.43. The van der Waals surface area contributed by atoms with Crippen molar-refractivity contribution in [3.63, 3.8) is 0 Å². The van der Waals surface area contributed by atoms with Crippen LogP contribution in [0.25, 0.3) is 10.9 Å². The maximum atomic E-state index is 12.6. The molecule has 0 saturated carbocycles. The first-order valence-electron chi connectivity index (χ1n) is 12.2. The molecule has 2 heterocycles. The van der Waals surface area contributed by atoms with Crippen LogP contribution in [0.1, 0.15) is 51.7 Å². The fourth-order valence-electron chi connectivity index (χ4n) is 4.50. The van der Waals surface area contributed by atoms with E-state index in [1.165, 1.54) is 5.56 Å². The second-order valence-corrected chi connectivity index (χ2v) is 10.1. The van der Waals surface area contributed by atoms with Gasteiger partial charge >= 0.3 is 5.97 Å². The number of ether oxygens (including phenoxy) is 1. The zero-order valence-electron chi connectivity index (χ0n) is 20.6. The van der Waals surface area contributed by atoms with Crippen LogP contribution in [0.2, 0.25) is 0 Å². The minimum Gasteiger partial charge on any atom is -0.466 e. The summed E-state index contributed by atoms with van der Waals surface area (Å²) in [5.41, 5.74) is 4.82. The predicted octanol–water partition coefficient (Wildman–Crippen LogP) is 5.22. The van der Waals surface area contributed by atoms with Crippen molar-refractivity contribution in [1.82, 2.24) is 4.98 Å². The summed E-state index contributed by atoms with van der Waals surface area (Å²) >= 11 is 0. The molecule has 34 heavy (non-hydrogen) atoms. The number of carbonyl (C=O) groups excluding carboxylic acids is 1. The van der Waals surface area contributed by atoms with Crippen molar-refractivity contribution >= 4 is 28.2 Å². The van der Waals surface area contributed by atoms with Crippen LogP contribution < -0.4 is 15.8 Å². The fraction of sp³-hybridized carbons (Fsp3) is 0.429. The van der Waals surface area contributed by atoms with Crippen molar-refractivity contribution in [2.24, 2.45) is 5.92 Å². The number of nitrogens with zero attached hydrogens (tertiary/aromatic N) is 1. The Morgan fingerprint density at radius 3 is 2.62 bits per heavy atom. The molecule has 2 N–H and O–H groups in total. The average Bonchev–Trinajstić information content (AvgIpc) is 2.82. The van der Waals surface area contributed by atoms with Crippen LogP contribution in [0.4, 0.5) is 11.4 Å². The second-order valence-electron chi connectivity index (χ2n) is 10.1. The van der Waals surface area contributed by atoms with Gasteiger partial charge in [0.05, 0.1) is 12.5 Å². The Hall–Kier alpha value is -3.28. The molecule has 180 valence electrons. The fourth-order valence-corrected chi connectivity index (χ4v) is 4.50. The minimum absolute atomic E-state index is 0.0508. The summed E-state index contributed by atoms with van der Waals surface area (Å²) in [6.07, 6.45) is 1.86. The molecule has 0 amide bonds. The third-order valence-electron chi connectivity index (χ3n) is 6.54. The van der Waals surface area contributed by atoms with Gasteiger partial charge in [0, 0.05) is 42.1 Å². The monoisotopic (exact) mass is 461 g/mol. The van der Waals surface area contributed by atoms with Gasteiger partial charge in [0.15, 0.2) is 0 Å². The molecule has 1 aromatic heterocycles. The second kappa shape index (κ2) is 9.92. The molecular formula is C28H35N3O3. The highest BCUT2D eigenvalue weighted by atomic mass is 16.5. The molecule has 1 aliphatic heterocycles. The zero-order valence-corrected chi connectivity index (χ0v) is 20.6. The van der Waals surface area contributed by atoms with Gasteiger partial charge in [-0.25, -0.2) is 0 Å². The summed E-state index contributed by atoms with van der Waals surface area (Å²) in [5.74, 6) is -0.161. The maximum Gasteiger partial charge on any atom is 0.310 e. The zero-order chi connectivity index (χ0) is 24.3. The molecule has 1 unspecified atom stereocenters. The van der Waals surface area contributed by atoms with Gasteiger partial charge in [-0.3, -0.25) is 9.59 Å². The van der Waals surface area contributed by atoms with E-state index in [1.807, 2.05) is 31.2 Å². The quantitative estimate of drug-likeness (QED) is 0.493. The van der Waals surface area contributed by atoms with Gasteiger partial charge < -0.3 is 19.9 Å². The van der Waals surface area contributed by atoms with E-state index >= 15 is 0 Å². The van der Waals surface area contributed by atoms with Crippen molar-refractivity contribution in [3.05, 3.63) is 70.0 Å². The number of rotatable bonds is 6. The largest absolute Gasteiger partial charge is 0.466 e. The van der Waals surface area contributed by atoms with Gasteiger partial charge in [0.25, 0.3) is 5.56 Å². The molecule has 1 atom stereocenters. The standard InChI is InChI=1S/C28H35N3O3/c1-5-34-27(33)19-7-6-14-31(18-19)24-11-9-23(10-12-24)29-17-21-15-20-16-22(28(2,3)4)8-13-25(20)30-26(21)32/h8-13,15-16,19,29H,5-7,14,17-18H2,1-4H3,(H,30,32). The normalized spacial score (nSPS) is 16.5. The summed E-state index contributed by atoms with van der Waals surface area (Å²) in [6.45, 7) is 10.9. The number of aromatic nitrogens is 1. The first-order chi connectivity index (χ1) is 16.2. The Labute approximate surface area is 201 Å². The van der Waals surface area contributed by atoms with E-state index < -0.39 is 0 Å². The van der Waals surface area contributed by atoms with Crippen LogP contribution in [0, 0.1) is 5.92 Å². The molecule has 1 saturated heterocycles. The Morgan fingerprint density at radius 2 is 1.91 bits per heavy atom. The molecule has 4 rings (SSSR count). The molecule has 6 heteroatoms. The van der Waals surface area contributed by atoms with Gasteiger partial charge in [0.1, 0.15) is 0 Å². The number of pyridine rings is 1. The highest BCUT2D eigenvalue weighted by Gasteiger charge is 2.27. The highest BCUT2D eigenvalue weighted by Crippen LogP contribution is 2.27. The molecule has 2 aromatic carbocycles. The highest BCUT2D eigenvalue weighted by molar-refractivity contribution is 5.80. The van der Waals surface area contributed by atoms with E-state index in [9.17, 15) is 9.59 Å². The predicted molar refractivity (Wildman–Crippen MR) is 139 cm³/mol. The van der Waals surface area contributed by atoms with Gasteiger partial charge in [-0.2, -0.15) is 0 Å². The minimum atomic E-state index is -0.0966. The van der Waals surface area contributed by atoms with Crippen molar-refractivity contribution in [2.75, 3.05) is 29.9 Å². The number of aromatic amines is 1. The Bertz CT molecular complexity index is 1210. The van der Waals surface area contributed by atoms with Gasteiger partial charge in [-0.1, -0.05) is 26.8 Å². The number of H-pyrrole nitrogens is 1. The number of benzene rings is 2. The lowest BCUT2D eigenvalue weighted by Gasteiger charge is -2.33. The van der Waals surface area contributed by atoms with Crippen LogP contribution in [0.3, 0.4) is 0 Å². The number of esters is 1. The third-order valence-corrected chi connectivity index (χ3v) is 6.54. The van der Waals surface area contributed by atoms with E-state index in [0.717, 1.165) is 41.7 Å². The average molecular weight is 462 g/mol. The van der Waals surface area contributed by atoms with E-state index in [0.29, 0.717) is 25.3 Å². The van der Waals surface area contributed by atoms with Crippen LogP contribution >= 0.6 is 0 Å². The van der Waals surface area contributed by atoms with E-state index in [-0.39, 0.29) is 22.9 Å². The van der Waals surface area contributed by atoms with Gasteiger partial charge in [-0.15, -0.1) is 0 Å². The van der Waals surface area contributed by atoms with Crippen molar-refractivity contribution in [3.8, 4) is 0 Å². The first-order valence-corrected chi connectivity index (χ1v) is 12.2. The summed E-state index contributed by atoms with van der Waals surface area (Å²) in [5, 5.41) is 4.41. The molecule has 0 radical (unpaired) electrons. The Kier molecular flexibility index (Phi) is 6.96. The number of fused-ring (bicyclic) bond motifs is 1. The third kappa shape index (κ3) is 5.44. The molecule has 6 nitrogen and oxygen atoms in total. The lowest BCUT2D eigenvalue weighted by atomic mass is 9.86. The summed E-state index contributed by atoms with van der Waals surface area (Å²) in [4.78, 5) is 30.0. The number of nitrogens with one attached hydrogen (secondary N) is 2. The number of piperidine rings is 1. The van der Waals surface area contributed by atoms with E-state index in [4.69, 9.17) is 4.74 Å². The number of hydrogen-bond donors (Lipinski definition) is 2. The number of carbonyl (C=O) groups is 1. The number of anilines is 2. The van der Waals surface area contributed by atoms with Gasteiger partial charge in [-0.05, 0) is 78.6 Å². The first kappa shape index (κ1) is 23.9. The lowest BCUT2D eigenvalue weighted by Crippen LogP contribution is -2.39. The van der Waals surface area contributed by atoms with Crippen molar-refractivity contribution < 1.29 is 9.53 Å². The maximum absolute atomic E-state index is 12.6. The molecule has 1 fully saturated rings. The topological polar surface area (TPSA) is 74.4 Å². The van der Waals surface area contributed by atoms with Crippen LogP contribution in [-0.4, -0.2) is 30.6 Å². The van der Waals surface area contributed by atoms with Crippen LogP contribution in [-0.2, 0) is 21.5 Å². The summed E-state index contributed by atoms with van der Waals surface area (Å²) in [6, 6.07) is 16.4. The van der Waals surface area contributed by atoms with Crippen LogP contribution in [0.5, 0.6) is 0 Å². The summed E-state index contributed by atoms with van der Waals surface area (Å²) in [7, 11) is 0. The molecule has 0 spiro atoms. The summed E-state index contributed by atoms with van der Waals surface area (Å²) < 4.78 is 5.21. The van der Waals surface area contributed by atoms with Crippen molar-refractivity contribution in [2.45, 2.75) is 52.5 Å². The molecular weight excluding hydrogens is 426 g/mol. The number of hydrogen-bond acceptors (Lipinski definition) is 5. The van der Waals surface area contributed by atoms with Crippen molar-refractivity contribution in [1.29, 1.82) is 0 Å². The smallest absolute Gasteiger partial charge is 0.310 e. The molecule has 1 aliphatic rings. The molecule has 0 aliphatic carbocycles. The van der Waals surface area contributed by atoms with Crippen LogP contribution in [0.15, 0.2) is 53.3 Å². The van der Waals surface area contributed by atoms with E-state index in [2.05, 4.69) is 60.2 Å².